The first-order chi connectivity index (χ1) is 24.0. The van der Waals surface area contributed by atoms with E-state index >= 15 is 0 Å². The molecule has 4 heterocycles. The molecule has 0 unspecified atom stereocenters. The molecule has 0 saturated carbocycles. The first-order valence-electron chi connectivity index (χ1n) is 17.1. The zero-order valence-corrected chi connectivity index (χ0v) is 28.1. The van der Waals surface area contributed by atoms with Gasteiger partial charge in [-0.05, 0) is 61.9 Å². The van der Waals surface area contributed by atoms with Gasteiger partial charge in [-0.1, -0.05) is 30.3 Å². The third-order valence-corrected chi connectivity index (χ3v) is 9.70. The second-order valence-corrected chi connectivity index (χ2v) is 13.0. The molecule has 2 fully saturated rings. The number of fused-ring (bicyclic) bond motifs is 4. The lowest BCUT2D eigenvalue weighted by molar-refractivity contribution is -0.121. The van der Waals surface area contributed by atoms with E-state index in [1.165, 1.54) is 6.42 Å². The number of nitrogens with zero attached hydrogens (tertiary/aromatic N) is 4. The Balaban J connectivity index is 0.890. The van der Waals surface area contributed by atoms with Gasteiger partial charge < -0.3 is 29.2 Å². The number of rotatable bonds is 12. The highest BCUT2D eigenvalue weighted by atomic mass is 16.5. The first kappa shape index (κ1) is 32.6. The van der Waals surface area contributed by atoms with Crippen molar-refractivity contribution in [3.63, 3.8) is 0 Å². The number of hydrogen-bond acceptors (Lipinski definition) is 9. The summed E-state index contributed by atoms with van der Waals surface area (Å²) in [5, 5.41) is 3.13. The maximum Gasteiger partial charge on any atom is 0.256 e. The number of benzene rings is 3. The van der Waals surface area contributed by atoms with Crippen LogP contribution in [0.4, 0.5) is 11.4 Å². The fraction of sp³-hybridized carbons (Fsp3) is 0.421. The Morgan fingerprint density at radius 1 is 0.898 bits per heavy atom. The molecule has 1 N–H and O–H groups in total. The average Bonchev–Trinajstić information content (AvgIpc) is 3.67. The van der Waals surface area contributed by atoms with Gasteiger partial charge in [0, 0.05) is 56.2 Å². The van der Waals surface area contributed by atoms with Crippen LogP contribution in [-0.4, -0.2) is 86.1 Å². The number of aliphatic imine (C=N–C) groups is 2. The molecule has 3 aromatic rings. The molecular weight excluding hydrogens is 622 g/mol. The second kappa shape index (κ2) is 14.7. The molecule has 2 saturated heterocycles. The highest BCUT2D eigenvalue weighted by Gasteiger charge is 2.38. The molecule has 11 heteroatoms. The van der Waals surface area contributed by atoms with E-state index in [2.05, 4.69) is 21.4 Å². The molecule has 256 valence electrons. The van der Waals surface area contributed by atoms with Crippen LogP contribution in [0.1, 0.15) is 60.0 Å². The quantitative estimate of drug-likeness (QED) is 0.250. The van der Waals surface area contributed by atoms with Crippen LogP contribution in [0.3, 0.4) is 0 Å². The number of ether oxygens (including phenoxy) is 4. The van der Waals surface area contributed by atoms with Gasteiger partial charge in [-0.25, -0.2) is 0 Å². The standard InChI is InChI=1S/C38H43N5O6/c1-46-33-15-26-22-42-13-8-11-28(42)20-39-31(26)18-35(33)48-14-7-6-12-37(44)41-27-16-29-21-40-32-19-36(49-24-25-9-4-3-5-10-25)34(47-2)17-30(32)38(45)43(29)23-27/h3-5,9-10,15,17-21,27-29H,6-8,11-14,16,22-24H2,1-2H3,(H,41,44)/t27-,28-,29-/m0/s1. The Bertz CT molecular complexity index is 1740. The number of amides is 2. The van der Waals surface area contributed by atoms with Crippen molar-refractivity contribution in [3.8, 4) is 23.0 Å². The van der Waals surface area contributed by atoms with E-state index in [-0.39, 0.29) is 23.9 Å². The van der Waals surface area contributed by atoms with Crippen LogP contribution in [0.5, 0.6) is 23.0 Å². The molecule has 0 aliphatic carbocycles. The highest BCUT2D eigenvalue weighted by molar-refractivity contribution is 6.03. The van der Waals surface area contributed by atoms with Gasteiger partial charge in [0.1, 0.15) is 6.61 Å². The minimum absolute atomic E-state index is 0.0354. The van der Waals surface area contributed by atoms with Crippen LogP contribution in [0, 0.1) is 0 Å². The number of nitrogens with one attached hydrogen (secondary N) is 1. The monoisotopic (exact) mass is 665 g/mol. The lowest BCUT2D eigenvalue weighted by atomic mass is 10.1. The van der Waals surface area contributed by atoms with Crippen molar-refractivity contribution >= 4 is 35.6 Å². The molecule has 3 atom stereocenters. The van der Waals surface area contributed by atoms with Crippen molar-refractivity contribution in [1.82, 2.24) is 15.1 Å². The average molecular weight is 666 g/mol. The predicted octanol–water partition coefficient (Wildman–Crippen LogP) is 5.63. The molecule has 4 aliphatic rings. The lowest BCUT2D eigenvalue weighted by Crippen LogP contribution is -2.39. The van der Waals surface area contributed by atoms with E-state index in [0.29, 0.717) is 85.7 Å². The van der Waals surface area contributed by atoms with Crippen molar-refractivity contribution in [3.05, 3.63) is 71.3 Å². The van der Waals surface area contributed by atoms with Gasteiger partial charge >= 0.3 is 0 Å². The summed E-state index contributed by atoms with van der Waals surface area (Å²) in [6.45, 7) is 3.20. The predicted molar refractivity (Wildman–Crippen MR) is 187 cm³/mol. The van der Waals surface area contributed by atoms with Gasteiger partial charge in [0.2, 0.25) is 5.91 Å². The van der Waals surface area contributed by atoms with Gasteiger partial charge in [-0.3, -0.25) is 24.5 Å². The van der Waals surface area contributed by atoms with Crippen LogP contribution >= 0.6 is 0 Å². The van der Waals surface area contributed by atoms with E-state index in [1.807, 2.05) is 42.5 Å². The smallest absolute Gasteiger partial charge is 0.256 e. The number of unbranched alkanes of at least 4 members (excludes halogenated alkanes) is 1. The van der Waals surface area contributed by atoms with Gasteiger partial charge in [-0.2, -0.15) is 0 Å². The maximum absolute atomic E-state index is 13.7. The topological polar surface area (TPSA) is 114 Å². The number of methoxy groups -OCH3 is 2. The molecule has 4 aliphatic heterocycles. The molecule has 0 spiro atoms. The molecule has 0 radical (unpaired) electrons. The fourth-order valence-corrected chi connectivity index (χ4v) is 7.08. The van der Waals surface area contributed by atoms with Crippen molar-refractivity contribution in [1.29, 1.82) is 0 Å². The minimum Gasteiger partial charge on any atom is -0.493 e. The van der Waals surface area contributed by atoms with E-state index < -0.39 is 0 Å². The summed E-state index contributed by atoms with van der Waals surface area (Å²) in [5.41, 5.74) is 4.10. The summed E-state index contributed by atoms with van der Waals surface area (Å²) in [4.78, 5) is 40.2. The lowest BCUT2D eigenvalue weighted by Gasteiger charge is -2.21. The van der Waals surface area contributed by atoms with Gasteiger partial charge in [0.05, 0.1) is 43.8 Å². The molecule has 11 nitrogen and oxygen atoms in total. The maximum atomic E-state index is 13.7. The number of hydrogen-bond donors (Lipinski definition) is 1. The third kappa shape index (κ3) is 7.27. The van der Waals surface area contributed by atoms with Crippen molar-refractivity contribution in [2.75, 3.05) is 33.9 Å². The minimum atomic E-state index is -0.213. The van der Waals surface area contributed by atoms with E-state index in [0.717, 1.165) is 36.3 Å². The zero-order valence-electron chi connectivity index (χ0n) is 28.1. The Morgan fingerprint density at radius 2 is 1.65 bits per heavy atom. The summed E-state index contributed by atoms with van der Waals surface area (Å²) in [7, 11) is 3.21. The molecule has 7 rings (SSSR count). The number of carbonyl (C=O) groups is 2. The molecule has 3 aromatic carbocycles. The van der Waals surface area contributed by atoms with E-state index in [4.69, 9.17) is 23.9 Å². The van der Waals surface area contributed by atoms with Crippen LogP contribution < -0.4 is 24.3 Å². The third-order valence-electron chi connectivity index (χ3n) is 9.70. The van der Waals surface area contributed by atoms with Crippen LogP contribution in [0.25, 0.3) is 0 Å². The summed E-state index contributed by atoms with van der Waals surface area (Å²) in [5.74, 6) is 2.20. The molecule has 0 aromatic heterocycles. The fourth-order valence-electron chi connectivity index (χ4n) is 7.08. The zero-order chi connectivity index (χ0) is 33.7. The largest absolute Gasteiger partial charge is 0.493 e. The van der Waals surface area contributed by atoms with E-state index in [9.17, 15) is 9.59 Å². The summed E-state index contributed by atoms with van der Waals surface area (Å²) in [6.07, 6.45) is 8.58. The molecule has 2 amide bonds. The summed E-state index contributed by atoms with van der Waals surface area (Å²) >= 11 is 0. The van der Waals surface area contributed by atoms with Crippen molar-refractivity contribution in [2.45, 2.75) is 69.8 Å². The Morgan fingerprint density at radius 3 is 2.49 bits per heavy atom. The first-order valence-corrected chi connectivity index (χ1v) is 17.1. The summed E-state index contributed by atoms with van der Waals surface area (Å²) in [6, 6.07) is 17.4. The molecular formula is C38H43N5O6. The van der Waals surface area contributed by atoms with E-state index in [1.54, 1.807) is 37.5 Å². The Hall–Kier alpha value is -4.90. The molecule has 49 heavy (non-hydrogen) atoms. The normalized spacial score (nSPS) is 20.8. The van der Waals surface area contributed by atoms with Gasteiger partial charge in [-0.15, -0.1) is 0 Å². The highest BCUT2D eigenvalue weighted by Crippen LogP contribution is 2.40. The second-order valence-electron chi connectivity index (χ2n) is 13.0. The summed E-state index contributed by atoms with van der Waals surface area (Å²) < 4.78 is 23.4. The SMILES string of the molecule is COc1cc2c(cc1OCCCCC(=O)N[C@H]1C[C@H]3C=Nc4cc(OCc5ccccc5)c(OC)cc4C(=O)N3C1)N=C[C@@H]1CCCN1C2. The number of carbonyl (C=O) groups excluding carboxylic acids is 2. The van der Waals surface area contributed by atoms with Crippen molar-refractivity contribution in [2.24, 2.45) is 9.98 Å². The van der Waals surface area contributed by atoms with Crippen LogP contribution in [-0.2, 0) is 17.9 Å². The van der Waals surface area contributed by atoms with Gasteiger partial charge in [0.15, 0.2) is 23.0 Å². The van der Waals surface area contributed by atoms with Crippen LogP contribution in [0.2, 0.25) is 0 Å². The van der Waals surface area contributed by atoms with Crippen LogP contribution in [0.15, 0.2) is 64.6 Å². The van der Waals surface area contributed by atoms with Gasteiger partial charge in [0.25, 0.3) is 5.91 Å². The molecule has 0 bridgehead atoms. The Kier molecular flexibility index (Phi) is 9.79. The Labute approximate surface area is 286 Å². The van der Waals surface area contributed by atoms with Crippen molar-refractivity contribution < 1.29 is 28.5 Å².